The Morgan fingerprint density at radius 1 is 1.04 bits per heavy atom. The fourth-order valence-corrected chi connectivity index (χ4v) is 2.30. The summed E-state index contributed by atoms with van der Waals surface area (Å²) < 4.78 is 5.14. The van der Waals surface area contributed by atoms with Crippen molar-refractivity contribution < 1.29 is 14.6 Å². The van der Waals surface area contributed by atoms with Gasteiger partial charge in [-0.15, -0.1) is 0 Å². The molecule has 0 aliphatic carbocycles. The summed E-state index contributed by atoms with van der Waals surface area (Å²) in [6, 6.07) is 13.3. The van der Waals surface area contributed by atoms with Gasteiger partial charge in [0.1, 0.15) is 11.5 Å². The second kappa shape index (κ2) is 8.80. The summed E-state index contributed by atoms with van der Waals surface area (Å²) in [5.41, 5.74) is 2.76. The number of benzene rings is 2. The molecule has 1 amide bonds. The minimum Gasteiger partial charge on any atom is -0.506 e. The van der Waals surface area contributed by atoms with Crippen LogP contribution < -0.4 is 15.4 Å². The highest BCUT2D eigenvalue weighted by molar-refractivity contribution is 5.75. The molecule has 5 heteroatoms. The molecular formula is C18H22N2O3. The zero-order valence-electron chi connectivity index (χ0n) is 13.2. The number of anilines is 1. The number of hydrogen-bond acceptors (Lipinski definition) is 4. The van der Waals surface area contributed by atoms with Crippen molar-refractivity contribution in [1.82, 2.24) is 5.32 Å². The topological polar surface area (TPSA) is 70.6 Å². The van der Waals surface area contributed by atoms with Gasteiger partial charge in [0, 0.05) is 0 Å². The van der Waals surface area contributed by atoms with Gasteiger partial charge in [0.25, 0.3) is 0 Å². The SMILES string of the molecule is COc1ccc(CCNCCc2ccc(O)c(NC=O)c2)cc1. The van der Waals surface area contributed by atoms with Gasteiger partial charge in [0.05, 0.1) is 12.8 Å². The Morgan fingerprint density at radius 3 is 2.35 bits per heavy atom. The molecule has 3 N–H and O–H groups in total. The van der Waals surface area contributed by atoms with Crippen molar-refractivity contribution in [3.8, 4) is 11.5 Å². The largest absolute Gasteiger partial charge is 0.506 e. The minimum absolute atomic E-state index is 0.0771. The minimum atomic E-state index is 0.0771. The predicted octanol–water partition coefficient (Wildman–Crippen LogP) is 2.34. The van der Waals surface area contributed by atoms with Crippen LogP contribution in [0.15, 0.2) is 42.5 Å². The number of nitrogens with one attached hydrogen (secondary N) is 2. The molecule has 0 aromatic heterocycles. The van der Waals surface area contributed by atoms with Gasteiger partial charge in [0.2, 0.25) is 6.41 Å². The maximum atomic E-state index is 10.5. The molecule has 0 unspecified atom stereocenters. The van der Waals surface area contributed by atoms with Gasteiger partial charge in [-0.25, -0.2) is 0 Å². The molecule has 0 aliphatic rings. The lowest BCUT2D eigenvalue weighted by Crippen LogP contribution is -2.20. The van der Waals surface area contributed by atoms with Gasteiger partial charge < -0.3 is 20.5 Å². The molecule has 0 radical (unpaired) electrons. The number of rotatable bonds is 9. The van der Waals surface area contributed by atoms with Crippen LogP contribution in [0.25, 0.3) is 0 Å². The van der Waals surface area contributed by atoms with E-state index >= 15 is 0 Å². The Morgan fingerprint density at radius 2 is 1.70 bits per heavy atom. The summed E-state index contributed by atoms with van der Waals surface area (Å²) in [6.07, 6.45) is 2.35. The van der Waals surface area contributed by atoms with Gasteiger partial charge >= 0.3 is 0 Å². The molecule has 2 aromatic carbocycles. The monoisotopic (exact) mass is 314 g/mol. The average molecular weight is 314 g/mol. The fourth-order valence-electron chi connectivity index (χ4n) is 2.30. The first-order valence-corrected chi connectivity index (χ1v) is 7.58. The Hall–Kier alpha value is -2.53. The average Bonchev–Trinajstić information content (AvgIpc) is 2.58. The van der Waals surface area contributed by atoms with Crippen molar-refractivity contribution in [3.63, 3.8) is 0 Å². The highest BCUT2D eigenvalue weighted by Crippen LogP contribution is 2.23. The third-order valence-corrected chi connectivity index (χ3v) is 3.62. The number of amides is 1. The second-order valence-corrected chi connectivity index (χ2v) is 5.21. The van der Waals surface area contributed by atoms with E-state index in [1.165, 1.54) is 5.56 Å². The van der Waals surface area contributed by atoms with E-state index in [2.05, 4.69) is 22.8 Å². The van der Waals surface area contributed by atoms with E-state index in [1.807, 2.05) is 18.2 Å². The molecule has 0 heterocycles. The summed E-state index contributed by atoms with van der Waals surface area (Å²) in [5, 5.41) is 15.5. The van der Waals surface area contributed by atoms with Gasteiger partial charge in [-0.1, -0.05) is 18.2 Å². The highest BCUT2D eigenvalue weighted by atomic mass is 16.5. The first-order valence-electron chi connectivity index (χ1n) is 7.58. The Balaban J connectivity index is 1.72. The molecule has 0 bridgehead atoms. The van der Waals surface area contributed by atoms with Crippen LogP contribution in [0.2, 0.25) is 0 Å². The van der Waals surface area contributed by atoms with E-state index in [0.29, 0.717) is 12.1 Å². The lowest BCUT2D eigenvalue weighted by atomic mass is 10.1. The number of phenolic OH excluding ortho intramolecular Hbond substituents is 1. The van der Waals surface area contributed by atoms with Gasteiger partial charge in [-0.3, -0.25) is 4.79 Å². The first kappa shape index (κ1) is 16.8. The molecule has 0 spiro atoms. The van der Waals surface area contributed by atoms with Crippen LogP contribution in [-0.4, -0.2) is 31.7 Å². The molecule has 122 valence electrons. The molecule has 0 fully saturated rings. The van der Waals surface area contributed by atoms with Crippen molar-refractivity contribution >= 4 is 12.1 Å². The van der Waals surface area contributed by atoms with E-state index in [4.69, 9.17) is 4.74 Å². The molecule has 0 saturated carbocycles. The number of carbonyl (C=O) groups is 1. The number of phenols is 1. The fraction of sp³-hybridized carbons (Fsp3) is 0.278. The Labute approximate surface area is 136 Å². The molecule has 5 nitrogen and oxygen atoms in total. The summed E-state index contributed by atoms with van der Waals surface area (Å²) in [5.74, 6) is 0.946. The molecule has 0 saturated heterocycles. The van der Waals surface area contributed by atoms with Gasteiger partial charge in [-0.05, 0) is 61.3 Å². The molecule has 2 aromatic rings. The third-order valence-electron chi connectivity index (χ3n) is 3.62. The zero-order valence-corrected chi connectivity index (χ0v) is 13.2. The summed E-state index contributed by atoms with van der Waals surface area (Å²) in [4.78, 5) is 10.5. The number of hydrogen-bond donors (Lipinski definition) is 3. The van der Waals surface area contributed by atoms with Crippen LogP contribution in [0.1, 0.15) is 11.1 Å². The van der Waals surface area contributed by atoms with Crippen LogP contribution in [0.3, 0.4) is 0 Å². The summed E-state index contributed by atoms with van der Waals surface area (Å²) in [7, 11) is 1.66. The van der Waals surface area contributed by atoms with E-state index in [0.717, 1.165) is 37.2 Å². The summed E-state index contributed by atoms with van der Waals surface area (Å²) in [6.45, 7) is 1.73. The maximum Gasteiger partial charge on any atom is 0.211 e. The van der Waals surface area contributed by atoms with Crippen LogP contribution in [0, 0.1) is 0 Å². The van der Waals surface area contributed by atoms with Crippen LogP contribution in [-0.2, 0) is 17.6 Å². The molecule has 2 rings (SSSR count). The standard InChI is InChI=1S/C18H22N2O3/c1-23-16-5-2-14(3-6-16)8-10-19-11-9-15-4-7-18(22)17(12-15)20-13-21/h2-7,12-13,19,22H,8-11H2,1H3,(H,20,21). The first-order chi connectivity index (χ1) is 11.2. The quantitative estimate of drug-likeness (QED) is 0.377. The zero-order chi connectivity index (χ0) is 16.5. The molecule has 23 heavy (non-hydrogen) atoms. The lowest BCUT2D eigenvalue weighted by Gasteiger charge is -2.08. The smallest absolute Gasteiger partial charge is 0.211 e. The number of carbonyl (C=O) groups excluding carboxylic acids is 1. The third kappa shape index (κ3) is 5.30. The summed E-state index contributed by atoms with van der Waals surface area (Å²) >= 11 is 0. The predicted molar refractivity (Wildman–Crippen MR) is 91.1 cm³/mol. The van der Waals surface area contributed by atoms with Crippen LogP contribution in [0.5, 0.6) is 11.5 Å². The van der Waals surface area contributed by atoms with Crippen molar-refractivity contribution in [2.75, 3.05) is 25.5 Å². The normalized spacial score (nSPS) is 10.3. The number of methoxy groups -OCH3 is 1. The second-order valence-electron chi connectivity index (χ2n) is 5.21. The van der Waals surface area contributed by atoms with E-state index < -0.39 is 0 Å². The van der Waals surface area contributed by atoms with Gasteiger partial charge in [-0.2, -0.15) is 0 Å². The molecular weight excluding hydrogens is 292 g/mol. The van der Waals surface area contributed by atoms with Crippen molar-refractivity contribution in [3.05, 3.63) is 53.6 Å². The Bertz CT molecular complexity index is 627. The number of ether oxygens (including phenoxy) is 1. The van der Waals surface area contributed by atoms with Crippen LogP contribution >= 0.6 is 0 Å². The molecule has 0 atom stereocenters. The van der Waals surface area contributed by atoms with E-state index in [1.54, 1.807) is 19.2 Å². The molecule has 0 aliphatic heterocycles. The van der Waals surface area contributed by atoms with Gasteiger partial charge in [0.15, 0.2) is 0 Å². The van der Waals surface area contributed by atoms with E-state index in [9.17, 15) is 9.90 Å². The number of aromatic hydroxyl groups is 1. The van der Waals surface area contributed by atoms with Crippen molar-refractivity contribution in [1.29, 1.82) is 0 Å². The maximum absolute atomic E-state index is 10.5. The van der Waals surface area contributed by atoms with Crippen LogP contribution in [0.4, 0.5) is 5.69 Å². The van der Waals surface area contributed by atoms with Crippen molar-refractivity contribution in [2.24, 2.45) is 0 Å². The van der Waals surface area contributed by atoms with E-state index in [-0.39, 0.29) is 5.75 Å². The highest BCUT2D eigenvalue weighted by Gasteiger charge is 2.02. The van der Waals surface area contributed by atoms with Crippen molar-refractivity contribution in [2.45, 2.75) is 12.8 Å². The lowest BCUT2D eigenvalue weighted by molar-refractivity contribution is -0.105. The Kier molecular flexibility index (Phi) is 6.44.